The summed E-state index contributed by atoms with van der Waals surface area (Å²) in [5.41, 5.74) is 2.66. The molecule has 2 rings (SSSR count). The Kier molecular flexibility index (Phi) is 4.48. The maximum atomic E-state index is 5.55. The Morgan fingerprint density at radius 1 is 1.30 bits per heavy atom. The average Bonchev–Trinajstić information content (AvgIpc) is 2.42. The van der Waals surface area contributed by atoms with Crippen molar-refractivity contribution in [3.8, 4) is 0 Å². The first-order chi connectivity index (χ1) is 9.42. The number of nitrogen functional groups attached to an aromatic ring is 1. The van der Waals surface area contributed by atoms with Gasteiger partial charge in [-0.3, -0.25) is 0 Å². The number of piperidine rings is 1. The highest BCUT2D eigenvalue weighted by Crippen LogP contribution is 2.31. The summed E-state index contributed by atoms with van der Waals surface area (Å²) in [5, 5.41) is 0. The third-order valence-electron chi connectivity index (χ3n) is 4.29. The molecule has 0 aromatic carbocycles. The zero-order valence-corrected chi connectivity index (χ0v) is 13.2. The van der Waals surface area contributed by atoms with Crippen molar-refractivity contribution in [2.45, 2.75) is 53.0 Å². The number of aromatic nitrogens is 2. The molecule has 0 saturated carbocycles. The Bertz CT molecular complexity index is 460. The Balaban J connectivity index is 2.37. The molecule has 0 aliphatic carbocycles. The van der Waals surface area contributed by atoms with Crippen LogP contribution < -0.4 is 16.2 Å². The van der Waals surface area contributed by atoms with Gasteiger partial charge in [0.05, 0.1) is 0 Å². The summed E-state index contributed by atoms with van der Waals surface area (Å²) in [5.74, 6) is 9.72. The van der Waals surface area contributed by atoms with Crippen LogP contribution >= 0.6 is 0 Å². The first-order valence-corrected chi connectivity index (χ1v) is 7.54. The lowest BCUT2D eigenvalue weighted by Gasteiger charge is -2.42. The second-order valence-electron chi connectivity index (χ2n) is 6.48. The number of rotatable bonds is 3. The molecule has 20 heavy (non-hydrogen) atoms. The quantitative estimate of drug-likeness (QED) is 0.657. The number of hydrazine groups is 1. The first kappa shape index (κ1) is 15.0. The summed E-state index contributed by atoms with van der Waals surface area (Å²) >= 11 is 0. The maximum Gasteiger partial charge on any atom is 0.145 e. The van der Waals surface area contributed by atoms with Crippen LogP contribution in [0.2, 0.25) is 0 Å². The van der Waals surface area contributed by atoms with E-state index in [1.165, 1.54) is 6.42 Å². The molecule has 0 spiro atoms. The summed E-state index contributed by atoms with van der Waals surface area (Å²) in [6, 6.07) is 2.44. The second-order valence-corrected chi connectivity index (χ2v) is 6.48. The smallest absolute Gasteiger partial charge is 0.145 e. The minimum atomic E-state index is 0.289. The normalized spacial score (nSPS) is 26.9. The highest BCUT2D eigenvalue weighted by Gasteiger charge is 2.30. The third-order valence-corrected chi connectivity index (χ3v) is 4.29. The fraction of sp³-hybridized carbons (Fsp3) is 0.733. The van der Waals surface area contributed by atoms with Crippen LogP contribution in [0.4, 0.5) is 11.6 Å². The molecule has 112 valence electrons. The highest BCUT2D eigenvalue weighted by molar-refractivity contribution is 5.50. The van der Waals surface area contributed by atoms with Crippen LogP contribution in [0.15, 0.2) is 6.07 Å². The van der Waals surface area contributed by atoms with Gasteiger partial charge in [0.15, 0.2) is 0 Å². The Hall–Kier alpha value is -1.36. The van der Waals surface area contributed by atoms with Gasteiger partial charge in [0, 0.05) is 24.6 Å². The van der Waals surface area contributed by atoms with Gasteiger partial charge in [-0.15, -0.1) is 0 Å². The molecule has 0 bridgehead atoms. The molecule has 1 aliphatic heterocycles. The molecule has 1 aromatic rings. The number of anilines is 2. The molecule has 3 unspecified atom stereocenters. The molecule has 1 saturated heterocycles. The lowest BCUT2D eigenvalue weighted by atomic mass is 9.86. The van der Waals surface area contributed by atoms with Gasteiger partial charge in [-0.05, 0) is 25.2 Å². The molecular weight excluding hydrogens is 250 g/mol. The monoisotopic (exact) mass is 277 g/mol. The van der Waals surface area contributed by atoms with Crippen LogP contribution in [-0.4, -0.2) is 22.6 Å². The summed E-state index contributed by atoms with van der Waals surface area (Å²) in [4.78, 5) is 11.6. The fourth-order valence-corrected chi connectivity index (χ4v) is 2.95. The lowest BCUT2D eigenvalue weighted by Crippen LogP contribution is -2.46. The molecular formula is C15H27N5. The van der Waals surface area contributed by atoms with Gasteiger partial charge in [-0.2, -0.15) is 0 Å². The zero-order chi connectivity index (χ0) is 14.9. The van der Waals surface area contributed by atoms with E-state index in [9.17, 15) is 0 Å². The van der Waals surface area contributed by atoms with Gasteiger partial charge in [-0.1, -0.05) is 27.7 Å². The molecule has 2 heterocycles. The van der Waals surface area contributed by atoms with Gasteiger partial charge in [0.25, 0.3) is 0 Å². The van der Waals surface area contributed by atoms with Gasteiger partial charge in [-0.25, -0.2) is 15.8 Å². The lowest BCUT2D eigenvalue weighted by molar-refractivity contribution is 0.295. The number of hydrogen-bond acceptors (Lipinski definition) is 5. The molecule has 0 amide bonds. The Labute approximate surface area is 121 Å². The van der Waals surface area contributed by atoms with Crippen LogP contribution in [0.25, 0.3) is 0 Å². The molecule has 1 fully saturated rings. The van der Waals surface area contributed by atoms with Crippen molar-refractivity contribution in [3.63, 3.8) is 0 Å². The van der Waals surface area contributed by atoms with Crippen LogP contribution in [0.5, 0.6) is 0 Å². The van der Waals surface area contributed by atoms with Gasteiger partial charge in [0.2, 0.25) is 0 Å². The average molecular weight is 277 g/mol. The van der Waals surface area contributed by atoms with E-state index in [0.29, 0.717) is 23.7 Å². The third kappa shape index (κ3) is 3.03. The fourth-order valence-electron chi connectivity index (χ4n) is 2.95. The molecule has 1 aromatic heterocycles. The number of hydrogen-bond donors (Lipinski definition) is 2. The summed E-state index contributed by atoms with van der Waals surface area (Å²) in [7, 11) is 0. The summed E-state index contributed by atoms with van der Waals surface area (Å²) in [6.45, 7) is 12.2. The van der Waals surface area contributed by atoms with Crippen molar-refractivity contribution in [2.75, 3.05) is 16.9 Å². The standard InChI is InChI=1S/C15H27N5/c1-9(2)15-17-13(19-16)7-14(18-15)20-8-10(3)6-11(4)12(20)5/h7,9-12H,6,8,16H2,1-5H3,(H,17,18,19). The van der Waals surface area contributed by atoms with E-state index >= 15 is 0 Å². The molecule has 5 heteroatoms. The van der Waals surface area contributed by atoms with Crippen molar-refractivity contribution in [2.24, 2.45) is 17.7 Å². The molecule has 1 aliphatic rings. The predicted octanol–water partition coefficient (Wildman–Crippen LogP) is 2.76. The molecule has 3 atom stereocenters. The van der Waals surface area contributed by atoms with Crippen LogP contribution in [-0.2, 0) is 0 Å². The van der Waals surface area contributed by atoms with Crippen molar-refractivity contribution in [3.05, 3.63) is 11.9 Å². The predicted molar refractivity (Wildman–Crippen MR) is 83.7 cm³/mol. The topological polar surface area (TPSA) is 67.1 Å². The highest BCUT2D eigenvalue weighted by atomic mass is 15.3. The second kappa shape index (κ2) is 5.95. The van der Waals surface area contributed by atoms with Crippen LogP contribution in [0.3, 0.4) is 0 Å². The van der Waals surface area contributed by atoms with Gasteiger partial charge < -0.3 is 10.3 Å². The van der Waals surface area contributed by atoms with E-state index in [2.05, 4.69) is 49.9 Å². The first-order valence-electron chi connectivity index (χ1n) is 7.54. The van der Waals surface area contributed by atoms with E-state index in [1.54, 1.807) is 0 Å². The molecule has 0 radical (unpaired) electrons. The van der Waals surface area contributed by atoms with Crippen molar-refractivity contribution in [1.82, 2.24) is 9.97 Å². The van der Waals surface area contributed by atoms with E-state index in [-0.39, 0.29) is 5.92 Å². The Morgan fingerprint density at radius 2 is 2.00 bits per heavy atom. The van der Waals surface area contributed by atoms with Gasteiger partial charge >= 0.3 is 0 Å². The number of nitrogens with zero attached hydrogens (tertiary/aromatic N) is 3. The van der Waals surface area contributed by atoms with Crippen LogP contribution in [0.1, 0.15) is 52.8 Å². The molecule has 5 nitrogen and oxygen atoms in total. The van der Waals surface area contributed by atoms with Crippen molar-refractivity contribution in [1.29, 1.82) is 0 Å². The van der Waals surface area contributed by atoms with Crippen molar-refractivity contribution < 1.29 is 0 Å². The summed E-state index contributed by atoms with van der Waals surface area (Å²) < 4.78 is 0. The van der Waals surface area contributed by atoms with Crippen LogP contribution in [0, 0.1) is 11.8 Å². The Morgan fingerprint density at radius 3 is 2.60 bits per heavy atom. The summed E-state index contributed by atoms with van der Waals surface area (Å²) in [6.07, 6.45) is 1.28. The largest absolute Gasteiger partial charge is 0.353 e. The SMILES string of the molecule is CC1CC(C)C(C)N(c2cc(NN)nc(C(C)C)n2)C1. The zero-order valence-electron chi connectivity index (χ0n) is 13.2. The van der Waals surface area contributed by atoms with E-state index in [0.717, 1.165) is 18.2 Å². The minimum absolute atomic E-state index is 0.289. The molecule has 3 N–H and O–H groups in total. The maximum absolute atomic E-state index is 5.55. The van der Waals surface area contributed by atoms with Crippen molar-refractivity contribution >= 4 is 11.6 Å². The number of nitrogens with one attached hydrogen (secondary N) is 1. The van der Waals surface area contributed by atoms with E-state index in [4.69, 9.17) is 10.8 Å². The van der Waals surface area contributed by atoms with E-state index in [1.807, 2.05) is 6.07 Å². The minimum Gasteiger partial charge on any atom is -0.353 e. The van der Waals surface area contributed by atoms with Gasteiger partial charge in [0.1, 0.15) is 17.5 Å². The van der Waals surface area contributed by atoms with E-state index < -0.39 is 0 Å². The number of nitrogens with two attached hydrogens (primary N) is 1.